The smallest absolute Gasteiger partial charge is 0.124 e. The predicted molar refractivity (Wildman–Crippen MR) is 80.5 cm³/mol. The number of aryl methyl sites for hydroxylation is 2. The zero-order valence-corrected chi connectivity index (χ0v) is 13.0. The molecule has 0 unspecified atom stereocenters. The van der Waals surface area contributed by atoms with Crippen LogP contribution in [0.2, 0.25) is 0 Å². The molecule has 3 N–H and O–H groups in total. The number of ether oxygens (including phenoxy) is 1. The van der Waals surface area contributed by atoms with Crippen molar-refractivity contribution in [2.75, 3.05) is 13.7 Å². The van der Waals surface area contributed by atoms with E-state index in [2.05, 4.69) is 38.3 Å². The zero-order valence-electron chi connectivity index (χ0n) is 11.4. The minimum atomic E-state index is 0.598. The molecule has 5 heteroatoms. The molecule has 0 amide bonds. The lowest BCUT2D eigenvalue weighted by atomic mass is 10.0. The van der Waals surface area contributed by atoms with E-state index in [-0.39, 0.29) is 0 Å². The third-order valence-electron chi connectivity index (χ3n) is 3.11. The molecule has 0 aliphatic rings. The Morgan fingerprint density at radius 2 is 1.95 bits per heavy atom. The van der Waals surface area contributed by atoms with Gasteiger partial charge in [-0.25, -0.2) is 0 Å². The molecule has 0 fully saturated rings. The summed E-state index contributed by atoms with van der Waals surface area (Å²) in [5.41, 5.74) is 10.8. The number of aromatic amines is 1. The molecule has 0 atom stereocenters. The first-order chi connectivity index (χ1) is 9.08. The van der Waals surface area contributed by atoms with Crippen molar-refractivity contribution in [1.29, 1.82) is 0 Å². The summed E-state index contributed by atoms with van der Waals surface area (Å²) in [6.45, 7) is 4.67. The molecule has 0 bridgehead atoms. The summed E-state index contributed by atoms with van der Waals surface area (Å²) < 4.78 is 6.37. The number of rotatable bonds is 4. The number of H-pyrrole nitrogens is 1. The second-order valence-electron chi connectivity index (χ2n) is 4.55. The van der Waals surface area contributed by atoms with Crippen molar-refractivity contribution in [3.05, 3.63) is 33.4 Å². The molecule has 0 aliphatic heterocycles. The number of hydrogen-bond acceptors (Lipinski definition) is 3. The maximum absolute atomic E-state index is 5.58. The molecule has 0 saturated carbocycles. The molecule has 19 heavy (non-hydrogen) atoms. The highest BCUT2D eigenvalue weighted by Gasteiger charge is 2.14. The molecule has 4 nitrogen and oxygen atoms in total. The fourth-order valence-corrected chi connectivity index (χ4v) is 2.88. The number of nitrogens with two attached hydrogens (primary N) is 1. The lowest BCUT2D eigenvalue weighted by Gasteiger charge is -2.10. The van der Waals surface area contributed by atoms with Crippen molar-refractivity contribution in [3.8, 4) is 17.0 Å². The van der Waals surface area contributed by atoms with Gasteiger partial charge in [0.25, 0.3) is 0 Å². The van der Waals surface area contributed by atoms with Gasteiger partial charge < -0.3 is 10.5 Å². The van der Waals surface area contributed by atoms with Crippen molar-refractivity contribution >= 4 is 15.9 Å². The molecule has 0 aliphatic carbocycles. The van der Waals surface area contributed by atoms with Crippen LogP contribution in [0.4, 0.5) is 0 Å². The predicted octanol–water partition coefficient (Wildman–Crippen LogP) is 2.97. The number of halogens is 1. The van der Waals surface area contributed by atoms with Crippen LogP contribution in [0.3, 0.4) is 0 Å². The number of nitrogens with one attached hydrogen (secondary N) is 1. The van der Waals surface area contributed by atoms with Gasteiger partial charge in [0.15, 0.2) is 0 Å². The largest absolute Gasteiger partial charge is 0.496 e. The fourth-order valence-electron chi connectivity index (χ4n) is 2.27. The van der Waals surface area contributed by atoms with Gasteiger partial charge in [0.05, 0.1) is 17.3 Å². The van der Waals surface area contributed by atoms with Crippen LogP contribution in [0.25, 0.3) is 11.3 Å². The van der Waals surface area contributed by atoms with Crippen LogP contribution in [-0.2, 0) is 6.42 Å². The van der Waals surface area contributed by atoms with E-state index in [0.717, 1.165) is 44.7 Å². The van der Waals surface area contributed by atoms with E-state index >= 15 is 0 Å². The van der Waals surface area contributed by atoms with Crippen molar-refractivity contribution < 1.29 is 4.74 Å². The van der Waals surface area contributed by atoms with Gasteiger partial charge in [-0.05, 0) is 59.6 Å². The summed E-state index contributed by atoms with van der Waals surface area (Å²) in [6.07, 6.45) is 0.779. The zero-order chi connectivity index (χ0) is 14.0. The van der Waals surface area contributed by atoms with Crippen LogP contribution < -0.4 is 10.5 Å². The van der Waals surface area contributed by atoms with Gasteiger partial charge in [-0.15, -0.1) is 0 Å². The molecular formula is C14H18BrN3O. The SMILES string of the molecule is COc1c(C)cc(-c2n[nH]c(CCN)c2Br)cc1C. The van der Waals surface area contributed by atoms with E-state index in [1.807, 2.05) is 13.8 Å². The summed E-state index contributed by atoms with van der Waals surface area (Å²) >= 11 is 3.59. The minimum absolute atomic E-state index is 0.598. The fraction of sp³-hybridized carbons (Fsp3) is 0.357. The average molecular weight is 324 g/mol. The molecule has 0 saturated heterocycles. The number of nitrogens with zero attached hydrogens (tertiary/aromatic N) is 1. The summed E-state index contributed by atoms with van der Waals surface area (Å²) in [6, 6.07) is 4.16. The van der Waals surface area contributed by atoms with Crippen molar-refractivity contribution in [2.45, 2.75) is 20.3 Å². The maximum Gasteiger partial charge on any atom is 0.124 e. The Morgan fingerprint density at radius 1 is 1.32 bits per heavy atom. The van der Waals surface area contributed by atoms with Gasteiger partial charge in [-0.2, -0.15) is 5.10 Å². The molecule has 2 aromatic rings. The summed E-state index contributed by atoms with van der Waals surface area (Å²) in [5.74, 6) is 0.928. The topological polar surface area (TPSA) is 63.9 Å². The summed E-state index contributed by atoms with van der Waals surface area (Å²) in [5, 5.41) is 7.41. The number of benzene rings is 1. The van der Waals surface area contributed by atoms with Gasteiger partial charge in [-0.3, -0.25) is 5.10 Å². The number of hydrogen-bond donors (Lipinski definition) is 2. The molecular weight excluding hydrogens is 306 g/mol. The first kappa shape index (κ1) is 14.1. The Labute approximate surface area is 121 Å². The second-order valence-corrected chi connectivity index (χ2v) is 5.34. The van der Waals surface area contributed by atoms with E-state index in [1.54, 1.807) is 7.11 Å². The Kier molecular flexibility index (Phi) is 4.27. The molecule has 1 aromatic heterocycles. The lowest BCUT2D eigenvalue weighted by molar-refractivity contribution is 0.408. The van der Waals surface area contributed by atoms with Gasteiger partial charge in [0, 0.05) is 12.0 Å². The Hall–Kier alpha value is -1.33. The summed E-state index contributed by atoms with van der Waals surface area (Å²) in [4.78, 5) is 0. The van der Waals surface area contributed by atoms with E-state index in [1.165, 1.54) is 0 Å². The van der Waals surface area contributed by atoms with Gasteiger partial charge >= 0.3 is 0 Å². The molecule has 0 spiro atoms. The quantitative estimate of drug-likeness (QED) is 0.909. The Morgan fingerprint density at radius 3 is 2.47 bits per heavy atom. The van der Waals surface area contributed by atoms with Crippen molar-refractivity contribution in [3.63, 3.8) is 0 Å². The Balaban J connectivity index is 2.48. The van der Waals surface area contributed by atoms with Crippen molar-refractivity contribution in [2.24, 2.45) is 5.73 Å². The second kappa shape index (κ2) is 5.75. The normalized spacial score (nSPS) is 10.8. The Bertz CT molecular complexity index is 569. The first-order valence-electron chi connectivity index (χ1n) is 6.17. The van der Waals surface area contributed by atoms with Crippen LogP contribution in [-0.4, -0.2) is 23.9 Å². The van der Waals surface area contributed by atoms with E-state index in [9.17, 15) is 0 Å². The van der Waals surface area contributed by atoms with Gasteiger partial charge in [0.2, 0.25) is 0 Å². The summed E-state index contributed by atoms with van der Waals surface area (Å²) in [7, 11) is 1.69. The molecule has 0 radical (unpaired) electrons. The van der Waals surface area contributed by atoms with Gasteiger partial charge in [-0.1, -0.05) is 0 Å². The number of methoxy groups -OCH3 is 1. The van der Waals surface area contributed by atoms with Crippen LogP contribution in [0.15, 0.2) is 16.6 Å². The molecule has 1 heterocycles. The highest BCUT2D eigenvalue weighted by atomic mass is 79.9. The lowest BCUT2D eigenvalue weighted by Crippen LogP contribution is -2.03. The van der Waals surface area contributed by atoms with Crippen molar-refractivity contribution in [1.82, 2.24) is 10.2 Å². The van der Waals surface area contributed by atoms with Crippen LogP contribution in [0.5, 0.6) is 5.75 Å². The van der Waals surface area contributed by atoms with E-state index in [0.29, 0.717) is 6.54 Å². The standard InChI is InChI=1S/C14H18BrN3O/c1-8-6-10(7-9(2)14(8)19-3)13-12(15)11(4-5-16)17-18-13/h6-7H,4-5,16H2,1-3H3,(H,17,18). The highest BCUT2D eigenvalue weighted by molar-refractivity contribution is 9.10. The van der Waals surface area contributed by atoms with Crippen LogP contribution >= 0.6 is 15.9 Å². The van der Waals surface area contributed by atoms with Crippen LogP contribution in [0.1, 0.15) is 16.8 Å². The average Bonchev–Trinajstić information content (AvgIpc) is 2.71. The van der Waals surface area contributed by atoms with E-state index < -0.39 is 0 Å². The minimum Gasteiger partial charge on any atom is -0.496 e. The van der Waals surface area contributed by atoms with E-state index in [4.69, 9.17) is 10.5 Å². The highest BCUT2D eigenvalue weighted by Crippen LogP contribution is 2.33. The monoisotopic (exact) mass is 323 g/mol. The molecule has 1 aromatic carbocycles. The maximum atomic E-state index is 5.58. The third-order valence-corrected chi connectivity index (χ3v) is 3.96. The number of aromatic nitrogens is 2. The van der Waals surface area contributed by atoms with Crippen LogP contribution in [0, 0.1) is 13.8 Å². The molecule has 2 rings (SSSR count). The third kappa shape index (κ3) is 2.67. The first-order valence-corrected chi connectivity index (χ1v) is 6.96. The van der Waals surface area contributed by atoms with Gasteiger partial charge in [0.1, 0.15) is 11.4 Å². The molecule has 102 valence electrons.